The van der Waals surface area contributed by atoms with Crippen LogP contribution in [0.3, 0.4) is 0 Å². The third-order valence-electron chi connectivity index (χ3n) is 4.48. The third-order valence-corrected chi connectivity index (χ3v) is 4.48. The van der Waals surface area contributed by atoms with Gasteiger partial charge in [0.25, 0.3) is 0 Å². The largest absolute Gasteiger partial charge is 0.444 e. The zero-order valence-electron chi connectivity index (χ0n) is 13.9. The van der Waals surface area contributed by atoms with Crippen LogP contribution in [0.2, 0.25) is 0 Å². The van der Waals surface area contributed by atoms with E-state index in [-0.39, 0.29) is 18.0 Å². The molecule has 126 valence electrons. The first-order valence-electron chi connectivity index (χ1n) is 8.04. The van der Waals surface area contributed by atoms with Crippen LogP contribution in [0.4, 0.5) is 20.6 Å². The van der Waals surface area contributed by atoms with E-state index >= 15 is 0 Å². The Balaban J connectivity index is 1.73. The minimum atomic E-state index is -0.502. The molecule has 23 heavy (non-hydrogen) atoms. The molecule has 0 spiro atoms. The van der Waals surface area contributed by atoms with E-state index in [0.717, 1.165) is 13.0 Å². The van der Waals surface area contributed by atoms with Gasteiger partial charge in [-0.15, -0.1) is 0 Å². The maximum absolute atomic E-state index is 14.2. The van der Waals surface area contributed by atoms with Gasteiger partial charge in [0, 0.05) is 31.2 Å². The highest BCUT2D eigenvalue weighted by atomic mass is 19.1. The van der Waals surface area contributed by atoms with Gasteiger partial charge >= 0.3 is 6.09 Å². The molecule has 2 N–H and O–H groups in total. The van der Waals surface area contributed by atoms with Crippen molar-refractivity contribution in [1.82, 2.24) is 4.90 Å². The maximum Gasteiger partial charge on any atom is 0.410 e. The van der Waals surface area contributed by atoms with Crippen LogP contribution in [-0.2, 0) is 4.74 Å². The van der Waals surface area contributed by atoms with Gasteiger partial charge in [-0.25, -0.2) is 9.18 Å². The molecule has 2 saturated heterocycles. The Kier molecular flexibility index (Phi) is 3.86. The zero-order chi connectivity index (χ0) is 16.8. The van der Waals surface area contributed by atoms with E-state index in [1.54, 1.807) is 17.0 Å². The molecular formula is C17H24FN3O2. The number of carbonyl (C=O) groups excluding carboxylic acids is 1. The van der Waals surface area contributed by atoms with Gasteiger partial charge < -0.3 is 20.3 Å². The second-order valence-electron chi connectivity index (χ2n) is 7.41. The third kappa shape index (κ3) is 3.21. The van der Waals surface area contributed by atoms with E-state index in [1.807, 2.05) is 20.8 Å². The van der Waals surface area contributed by atoms with Gasteiger partial charge in [-0.05, 0) is 45.4 Å². The lowest BCUT2D eigenvalue weighted by Gasteiger charge is -2.28. The highest BCUT2D eigenvalue weighted by molar-refractivity contribution is 5.69. The molecule has 1 aromatic carbocycles. The Morgan fingerprint density at radius 1 is 1.35 bits per heavy atom. The standard InChI is InChI=1S/C17H24FN3O2/c1-17(2,3)23-16(22)20-9-11-6-7-21(15(11)10-20)14-5-4-12(19)8-13(14)18/h4-5,8,11,15H,6-7,9-10,19H2,1-3H3/t11-,15+/m0/s1. The molecule has 2 heterocycles. The number of fused-ring (bicyclic) bond motifs is 1. The molecular weight excluding hydrogens is 297 g/mol. The lowest BCUT2D eigenvalue weighted by atomic mass is 10.0. The number of nitrogens with zero attached hydrogens (tertiary/aromatic N) is 2. The summed E-state index contributed by atoms with van der Waals surface area (Å²) < 4.78 is 19.7. The number of nitrogen functional groups attached to an aromatic ring is 1. The molecule has 2 aliphatic rings. The lowest BCUT2D eigenvalue weighted by molar-refractivity contribution is 0.0284. The number of hydrogen-bond acceptors (Lipinski definition) is 4. The predicted molar refractivity (Wildman–Crippen MR) is 87.9 cm³/mol. The van der Waals surface area contributed by atoms with Crippen LogP contribution in [0.1, 0.15) is 27.2 Å². The van der Waals surface area contributed by atoms with E-state index in [4.69, 9.17) is 10.5 Å². The molecule has 0 bridgehead atoms. The number of ether oxygens (including phenoxy) is 1. The van der Waals surface area contributed by atoms with E-state index in [0.29, 0.717) is 30.4 Å². The summed E-state index contributed by atoms with van der Waals surface area (Å²) in [7, 11) is 0. The van der Waals surface area contributed by atoms with Gasteiger partial charge in [0.2, 0.25) is 0 Å². The van der Waals surface area contributed by atoms with Crippen molar-refractivity contribution in [1.29, 1.82) is 0 Å². The van der Waals surface area contributed by atoms with E-state index in [1.165, 1.54) is 6.07 Å². The van der Waals surface area contributed by atoms with E-state index < -0.39 is 5.60 Å². The summed E-state index contributed by atoms with van der Waals surface area (Å²) >= 11 is 0. The number of amides is 1. The molecule has 2 atom stereocenters. The molecule has 1 aromatic rings. The summed E-state index contributed by atoms with van der Waals surface area (Å²) in [5.74, 6) is 0.0563. The van der Waals surface area contributed by atoms with Gasteiger partial charge in [0.05, 0.1) is 11.7 Å². The average molecular weight is 321 g/mol. The minimum absolute atomic E-state index is 0.139. The van der Waals surface area contributed by atoms with Crippen molar-refractivity contribution in [3.05, 3.63) is 24.0 Å². The average Bonchev–Trinajstić information content (AvgIpc) is 2.97. The van der Waals surface area contributed by atoms with Crippen LogP contribution < -0.4 is 10.6 Å². The van der Waals surface area contributed by atoms with Gasteiger partial charge in [0.1, 0.15) is 11.4 Å². The Morgan fingerprint density at radius 2 is 2.09 bits per heavy atom. The number of likely N-dealkylation sites (tertiary alicyclic amines) is 1. The quantitative estimate of drug-likeness (QED) is 0.808. The number of halogens is 1. The lowest BCUT2D eigenvalue weighted by Crippen LogP contribution is -2.39. The fourth-order valence-electron chi connectivity index (χ4n) is 3.49. The van der Waals surface area contributed by atoms with Crippen LogP contribution in [-0.4, -0.2) is 42.3 Å². The van der Waals surface area contributed by atoms with Crippen LogP contribution >= 0.6 is 0 Å². The fourth-order valence-corrected chi connectivity index (χ4v) is 3.49. The van der Waals surface area contributed by atoms with Gasteiger partial charge in [-0.2, -0.15) is 0 Å². The van der Waals surface area contributed by atoms with Crippen molar-refractivity contribution in [3.63, 3.8) is 0 Å². The van der Waals surface area contributed by atoms with Crippen LogP contribution in [0.25, 0.3) is 0 Å². The minimum Gasteiger partial charge on any atom is -0.444 e. The monoisotopic (exact) mass is 321 g/mol. The normalized spacial score (nSPS) is 24.0. The summed E-state index contributed by atoms with van der Waals surface area (Å²) in [6, 6.07) is 4.93. The Hall–Kier alpha value is -1.98. The number of anilines is 2. The molecule has 2 fully saturated rings. The molecule has 0 unspecified atom stereocenters. The van der Waals surface area contributed by atoms with Crippen molar-refractivity contribution in [3.8, 4) is 0 Å². The first-order chi connectivity index (χ1) is 10.7. The van der Waals surface area contributed by atoms with E-state index in [9.17, 15) is 9.18 Å². The van der Waals surface area contributed by atoms with Crippen LogP contribution in [0.15, 0.2) is 18.2 Å². The van der Waals surface area contributed by atoms with Crippen molar-refractivity contribution in [2.24, 2.45) is 5.92 Å². The molecule has 0 aromatic heterocycles. The molecule has 6 heteroatoms. The topological polar surface area (TPSA) is 58.8 Å². The number of nitrogens with two attached hydrogens (primary N) is 1. The van der Waals surface area contributed by atoms with Gasteiger partial charge in [0.15, 0.2) is 0 Å². The van der Waals surface area contributed by atoms with Crippen molar-refractivity contribution < 1.29 is 13.9 Å². The SMILES string of the molecule is CC(C)(C)OC(=O)N1C[C@@H]2CCN(c3ccc(N)cc3F)[C@@H]2C1. The Bertz CT molecular complexity index is 614. The molecule has 1 amide bonds. The van der Waals surface area contributed by atoms with Gasteiger partial charge in [-0.3, -0.25) is 0 Å². The van der Waals surface area contributed by atoms with Crippen molar-refractivity contribution in [2.75, 3.05) is 30.3 Å². The first kappa shape index (κ1) is 15.9. The summed E-state index contributed by atoms with van der Waals surface area (Å²) in [6.07, 6.45) is 0.665. The number of rotatable bonds is 1. The van der Waals surface area contributed by atoms with E-state index in [2.05, 4.69) is 4.90 Å². The second kappa shape index (κ2) is 5.58. The highest BCUT2D eigenvalue weighted by Gasteiger charge is 2.44. The maximum atomic E-state index is 14.2. The molecule has 5 nitrogen and oxygen atoms in total. The predicted octanol–water partition coefficient (Wildman–Crippen LogP) is 2.85. The van der Waals surface area contributed by atoms with Crippen LogP contribution in [0, 0.1) is 11.7 Å². The molecule has 0 radical (unpaired) electrons. The Labute approximate surface area is 136 Å². The number of hydrogen-bond donors (Lipinski definition) is 1. The molecule has 0 aliphatic carbocycles. The van der Waals surface area contributed by atoms with Crippen LogP contribution in [0.5, 0.6) is 0 Å². The summed E-state index contributed by atoms with van der Waals surface area (Å²) in [4.78, 5) is 16.0. The highest BCUT2D eigenvalue weighted by Crippen LogP contribution is 2.37. The summed E-state index contributed by atoms with van der Waals surface area (Å²) in [6.45, 7) is 7.63. The molecule has 0 saturated carbocycles. The van der Waals surface area contributed by atoms with Crippen molar-refractivity contribution in [2.45, 2.75) is 38.8 Å². The second-order valence-corrected chi connectivity index (χ2v) is 7.41. The fraction of sp³-hybridized carbons (Fsp3) is 0.588. The summed E-state index contributed by atoms with van der Waals surface area (Å²) in [5, 5.41) is 0. The molecule has 3 rings (SSSR count). The summed E-state index contributed by atoms with van der Waals surface area (Å²) in [5.41, 5.74) is 6.11. The number of benzene rings is 1. The number of carbonyl (C=O) groups is 1. The zero-order valence-corrected chi connectivity index (χ0v) is 13.9. The smallest absolute Gasteiger partial charge is 0.410 e. The molecule has 2 aliphatic heterocycles. The first-order valence-corrected chi connectivity index (χ1v) is 8.04. The van der Waals surface area contributed by atoms with Crippen molar-refractivity contribution >= 4 is 17.5 Å². The van der Waals surface area contributed by atoms with Gasteiger partial charge in [-0.1, -0.05) is 0 Å². The Morgan fingerprint density at radius 3 is 2.74 bits per heavy atom.